The maximum Gasteiger partial charge on any atom is 0.339 e. The smallest absolute Gasteiger partial charge is 0.339 e. The quantitative estimate of drug-likeness (QED) is 0.440. The van der Waals surface area contributed by atoms with Crippen molar-refractivity contribution >= 4 is 28.6 Å². The molecule has 5 nitrogen and oxygen atoms in total. The lowest BCUT2D eigenvalue weighted by Gasteiger charge is -2.12. The van der Waals surface area contributed by atoms with Gasteiger partial charge >= 0.3 is 5.97 Å². The van der Waals surface area contributed by atoms with Crippen molar-refractivity contribution in [3.05, 3.63) is 21.3 Å². The number of esters is 1. The lowest BCUT2D eigenvalue weighted by molar-refractivity contribution is 0.0487. The zero-order valence-corrected chi connectivity index (χ0v) is 12.6. The van der Waals surface area contributed by atoms with Crippen LogP contribution in [0.5, 0.6) is 11.5 Å². The molecule has 0 N–H and O–H groups in total. The van der Waals surface area contributed by atoms with E-state index in [-0.39, 0.29) is 12.8 Å². The Labute approximate surface area is 119 Å². The zero-order chi connectivity index (χ0) is 13.5. The number of benzene rings is 1. The van der Waals surface area contributed by atoms with Gasteiger partial charge in [-0.3, -0.25) is 0 Å². The van der Waals surface area contributed by atoms with Crippen LogP contribution in [0, 0.1) is 3.57 Å². The average molecular weight is 366 g/mol. The van der Waals surface area contributed by atoms with Crippen molar-refractivity contribution < 1.29 is 23.7 Å². The van der Waals surface area contributed by atoms with Gasteiger partial charge in [-0.2, -0.15) is 0 Å². The van der Waals surface area contributed by atoms with E-state index in [1.807, 2.05) is 22.6 Å². The van der Waals surface area contributed by atoms with Crippen LogP contribution in [-0.4, -0.2) is 33.6 Å². The van der Waals surface area contributed by atoms with Crippen molar-refractivity contribution in [2.24, 2.45) is 0 Å². The van der Waals surface area contributed by atoms with E-state index in [0.717, 1.165) is 3.57 Å². The predicted molar refractivity (Wildman–Crippen MR) is 74.2 cm³/mol. The van der Waals surface area contributed by atoms with E-state index in [2.05, 4.69) is 0 Å². The van der Waals surface area contributed by atoms with Crippen molar-refractivity contribution in [2.45, 2.75) is 6.92 Å². The fourth-order valence-electron chi connectivity index (χ4n) is 1.30. The molecule has 0 aliphatic heterocycles. The molecule has 0 aliphatic carbocycles. The predicted octanol–water partition coefficient (Wildman–Crippen LogP) is 2.46. The van der Waals surface area contributed by atoms with Crippen LogP contribution in [0.2, 0.25) is 0 Å². The molecule has 1 aromatic carbocycles. The SMILES string of the molecule is CCOC(=O)c1cc(OC)c(OCOC)cc1I. The molecule has 0 aliphatic rings. The molecule has 0 atom stereocenters. The van der Waals surface area contributed by atoms with E-state index in [1.54, 1.807) is 19.1 Å². The Morgan fingerprint density at radius 2 is 2.00 bits per heavy atom. The number of hydrogen-bond donors (Lipinski definition) is 0. The van der Waals surface area contributed by atoms with Gasteiger partial charge in [0.2, 0.25) is 0 Å². The standard InChI is InChI=1S/C12H15IO5/c1-4-17-12(14)8-5-10(16-3)11(6-9(8)13)18-7-15-2/h5-6H,4,7H2,1-3H3. The Kier molecular flexibility index (Phi) is 6.20. The number of carbonyl (C=O) groups is 1. The summed E-state index contributed by atoms with van der Waals surface area (Å²) in [5.74, 6) is 0.616. The van der Waals surface area contributed by atoms with Crippen LogP contribution in [0.4, 0.5) is 0 Å². The molecule has 0 spiro atoms. The fraction of sp³-hybridized carbons (Fsp3) is 0.417. The van der Waals surface area contributed by atoms with Crippen LogP contribution in [0.25, 0.3) is 0 Å². The minimum absolute atomic E-state index is 0.116. The third-order valence-corrected chi connectivity index (χ3v) is 2.97. The largest absolute Gasteiger partial charge is 0.493 e. The summed E-state index contributed by atoms with van der Waals surface area (Å²) in [6.45, 7) is 2.21. The fourth-order valence-corrected chi connectivity index (χ4v) is 1.95. The minimum atomic E-state index is -0.376. The number of ether oxygens (including phenoxy) is 4. The molecular formula is C12H15IO5. The second kappa shape index (κ2) is 7.42. The number of carbonyl (C=O) groups excluding carboxylic acids is 1. The molecule has 0 radical (unpaired) electrons. The summed E-state index contributed by atoms with van der Waals surface area (Å²) in [5, 5.41) is 0. The Morgan fingerprint density at radius 3 is 2.56 bits per heavy atom. The number of halogens is 1. The lowest BCUT2D eigenvalue weighted by atomic mass is 10.2. The third-order valence-electron chi connectivity index (χ3n) is 2.08. The Balaban J connectivity index is 3.05. The molecule has 0 saturated heterocycles. The van der Waals surface area contributed by atoms with Gasteiger partial charge in [0.05, 0.1) is 19.3 Å². The van der Waals surface area contributed by atoms with E-state index < -0.39 is 0 Å². The Morgan fingerprint density at radius 1 is 1.28 bits per heavy atom. The van der Waals surface area contributed by atoms with Crippen LogP contribution in [0.15, 0.2) is 12.1 Å². The molecule has 0 unspecified atom stereocenters. The van der Waals surface area contributed by atoms with Gasteiger partial charge in [0, 0.05) is 10.7 Å². The first-order chi connectivity index (χ1) is 8.63. The maximum absolute atomic E-state index is 11.7. The molecule has 0 saturated carbocycles. The third kappa shape index (κ3) is 3.74. The molecule has 0 aromatic heterocycles. The van der Waals surface area contributed by atoms with Gasteiger partial charge in [0.1, 0.15) is 0 Å². The van der Waals surface area contributed by atoms with Gasteiger partial charge in [-0.05, 0) is 41.6 Å². The summed E-state index contributed by atoms with van der Waals surface area (Å²) < 4.78 is 21.1. The molecule has 100 valence electrons. The molecule has 0 amide bonds. The van der Waals surface area contributed by atoms with Gasteiger partial charge < -0.3 is 18.9 Å². The van der Waals surface area contributed by atoms with Crippen molar-refractivity contribution in [3.63, 3.8) is 0 Å². The summed E-state index contributed by atoms with van der Waals surface area (Å²) in [7, 11) is 3.04. The summed E-state index contributed by atoms with van der Waals surface area (Å²) >= 11 is 2.05. The lowest BCUT2D eigenvalue weighted by Crippen LogP contribution is -2.08. The molecule has 18 heavy (non-hydrogen) atoms. The van der Waals surface area contributed by atoms with E-state index in [9.17, 15) is 4.79 Å². The van der Waals surface area contributed by atoms with Crippen molar-refractivity contribution in [1.82, 2.24) is 0 Å². The minimum Gasteiger partial charge on any atom is -0.493 e. The zero-order valence-electron chi connectivity index (χ0n) is 10.5. The number of hydrogen-bond acceptors (Lipinski definition) is 5. The van der Waals surface area contributed by atoms with Gasteiger partial charge in [-0.25, -0.2) is 4.79 Å². The average Bonchev–Trinajstić information content (AvgIpc) is 2.36. The highest BCUT2D eigenvalue weighted by Gasteiger charge is 2.16. The molecule has 1 aromatic rings. The van der Waals surface area contributed by atoms with Crippen molar-refractivity contribution in [2.75, 3.05) is 27.6 Å². The summed E-state index contributed by atoms with van der Waals surface area (Å²) in [5.41, 5.74) is 0.457. The second-order valence-corrected chi connectivity index (χ2v) is 4.42. The van der Waals surface area contributed by atoms with E-state index in [1.165, 1.54) is 14.2 Å². The van der Waals surface area contributed by atoms with E-state index in [4.69, 9.17) is 18.9 Å². The van der Waals surface area contributed by atoms with Crippen LogP contribution in [0.1, 0.15) is 17.3 Å². The van der Waals surface area contributed by atoms with Gasteiger partial charge in [-0.1, -0.05) is 0 Å². The number of rotatable bonds is 6. The Hall–Kier alpha value is -1.02. The highest BCUT2D eigenvalue weighted by atomic mass is 127. The van der Waals surface area contributed by atoms with Crippen LogP contribution in [-0.2, 0) is 9.47 Å². The summed E-state index contributed by atoms with van der Waals surface area (Å²) in [4.78, 5) is 11.7. The van der Waals surface area contributed by atoms with Gasteiger partial charge in [-0.15, -0.1) is 0 Å². The molecule has 1 rings (SSSR count). The van der Waals surface area contributed by atoms with Gasteiger partial charge in [0.25, 0.3) is 0 Å². The first-order valence-electron chi connectivity index (χ1n) is 5.30. The molecule has 6 heteroatoms. The Bertz CT molecular complexity index is 419. The summed E-state index contributed by atoms with van der Waals surface area (Å²) in [6, 6.07) is 3.31. The summed E-state index contributed by atoms with van der Waals surface area (Å²) in [6.07, 6.45) is 0. The van der Waals surface area contributed by atoms with Crippen molar-refractivity contribution in [3.8, 4) is 11.5 Å². The van der Waals surface area contributed by atoms with Crippen molar-refractivity contribution in [1.29, 1.82) is 0 Å². The highest BCUT2D eigenvalue weighted by Crippen LogP contribution is 2.32. The topological polar surface area (TPSA) is 54.0 Å². The second-order valence-electron chi connectivity index (χ2n) is 3.25. The normalized spacial score (nSPS) is 10.0. The first kappa shape index (κ1) is 15.0. The van der Waals surface area contributed by atoms with Crippen LogP contribution < -0.4 is 9.47 Å². The monoisotopic (exact) mass is 366 g/mol. The van der Waals surface area contributed by atoms with E-state index in [0.29, 0.717) is 23.7 Å². The maximum atomic E-state index is 11.7. The van der Waals surface area contributed by atoms with Crippen LogP contribution >= 0.6 is 22.6 Å². The molecular weight excluding hydrogens is 351 g/mol. The van der Waals surface area contributed by atoms with Crippen LogP contribution in [0.3, 0.4) is 0 Å². The molecule has 0 fully saturated rings. The first-order valence-corrected chi connectivity index (χ1v) is 6.38. The highest BCUT2D eigenvalue weighted by molar-refractivity contribution is 14.1. The number of methoxy groups -OCH3 is 2. The van der Waals surface area contributed by atoms with Gasteiger partial charge in [0.15, 0.2) is 18.3 Å². The van der Waals surface area contributed by atoms with E-state index >= 15 is 0 Å². The molecule has 0 bridgehead atoms. The molecule has 0 heterocycles.